The van der Waals surface area contributed by atoms with Gasteiger partial charge in [0.1, 0.15) is 5.69 Å². The van der Waals surface area contributed by atoms with E-state index < -0.39 is 48.5 Å². The van der Waals surface area contributed by atoms with E-state index in [-0.39, 0.29) is 18.2 Å². The molecule has 0 bridgehead atoms. The predicted octanol–water partition coefficient (Wildman–Crippen LogP) is 4.92. The molecule has 1 fully saturated rings. The molecule has 13 heteroatoms. The van der Waals surface area contributed by atoms with Crippen molar-refractivity contribution in [2.24, 2.45) is 5.92 Å². The third-order valence-electron chi connectivity index (χ3n) is 5.62. The van der Waals surface area contributed by atoms with E-state index >= 15 is 0 Å². The van der Waals surface area contributed by atoms with Crippen molar-refractivity contribution in [1.29, 1.82) is 0 Å². The van der Waals surface area contributed by atoms with Gasteiger partial charge < -0.3 is 10.2 Å². The molecule has 0 aliphatic carbocycles. The Bertz CT molecular complexity index is 1190. The topological polar surface area (TPSA) is 83.9 Å². The normalized spacial score (nSPS) is 20.0. The predicted molar refractivity (Wildman–Crippen MR) is 119 cm³/mol. The highest BCUT2D eigenvalue weighted by molar-refractivity contribution is 7.15. The number of carbonyl (C=O) groups is 1. The van der Waals surface area contributed by atoms with Gasteiger partial charge in [-0.15, -0.1) is 11.3 Å². The number of alkyl halides is 5. The average molecular weight is 513 g/mol. The Morgan fingerprint density at radius 1 is 1.23 bits per heavy atom. The second-order valence-corrected chi connectivity index (χ2v) is 9.54. The molecule has 7 nitrogen and oxygen atoms in total. The number of pyridine rings is 1. The molecule has 2 atom stereocenters. The number of hydrogen-bond acceptors (Lipinski definition) is 7. The van der Waals surface area contributed by atoms with E-state index in [1.807, 2.05) is 0 Å². The second kappa shape index (κ2) is 9.44. The lowest BCUT2D eigenvalue weighted by Crippen LogP contribution is -2.57. The molecular weight excluding hydrogens is 491 g/mol. The fraction of sp³-hybridized carbons (Fsp3) is 0.409. The van der Waals surface area contributed by atoms with Crippen molar-refractivity contribution >= 4 is 23.2 Å². The SMILES string of the molecule is Cc1nc(C(=O)N2CC(F)(F)CC(C)C2CNc2ncc(C(F)(F)F)cn2)c(-c2ccccn2)s1. The first-order chi connectivity index (χ1) is 16.4. The summed E-state index contributed by atoms with van der Waals surface area (Å²) < 4.78 is 67.3. The molecule has 1 N–H and O–H groups in total. The highest BCUT2D eigenvalue weighted by atomic mass is 32.1. The van der Waals surface area contributed by atoms with E-state index in [9.17, 15) is 26.7 Å². The number of thiazole rings is 1. The zero-order valence-electron chi connectivity index (χ0n) is 18.7. The number of likely N-dealkylation sites (tertiary alicyclic amines) is 1. The summed E-state index contributed by atoms with van der Waals surface area (Å²) in [5.74, 6) is -4.50. The number of aromatic nitrogens is 4. The quantitative estimate of drug-likeness (QED) is 0.489. The molecule has 0 aromatic carbocycles. The summed E-state index contributed by atoms with van der Waals surface area (Å²) in [4.78, 5) is 31.0. The Hall–Kier alpha value is -3.22. The van der Waals surface area contributed by atoms with Gasteiger partial charge in [0, 0.05) is 31.6 Å². The number of hydrogen-bond donors (Lipinski definition) is 1. The molecule has 186 valence electrons. The van der Waals surface area contributed by atoms with E-state index in [0.717, 1.165) is 4.90 Å². The Morgan fingerprint density at radius 3 is 2.57 bits per heavy atom. The number of nitrogens with zero attached hydrogens (tertiary/aromatic N) is 5. The highest BCUT2D eigenvalue weighted by Gasteiger charge is 2.47. The highest BCUT2D eigenvalue weighted by Crippen LogP contribution is 2.37. The molecule has 4 heterocycles. The van der Waals surface area contributed by atoms with Gasteiger partial charge in [0.15, 0.2) is 0 Å². The number of halogens is 5. The zero-order valence-corrected chi connectivity index (χ0v) is 19.5. The Kier molecular flexibility index (Phi) is 6.71. The van der Waals surface area contributed by atoms with Crippen molar-refractivity contribution in [2.45, 2.75) is 38.4 Å². The lowest BCUT2D eigenvalue weighted by atomic mass is 9.88. The van der Waals surface area contributed by atoms with E-state index in [1.54, 1.807) is 38.2 Å². The van der Waals surface area contributed by atoms with Crippen molar-refractivity contribution in [3.05, 3.63) is 53.1 Å². The molecule has 4 rings (SSSR count). The number of rotatable bonds is 5. The first-order valence-electron chi connectivity index (χ1n) is 10.7. The fourth-order valence-electron chi connectivity index (χ4n) is 4.02. The van der Waals surface area contributed by atoms with Gasteiger partial charge in [0.25, 0.3) is 11.8 Å². The molecule has 1 aliphatic heterocycles. The second-order valence-electron chi connectivity index (χ2n) is 8.34. The van der Waals surface area contributed by atoms with Crippen molar-refractivity contribution in [3.8, 4) is 10.6 Å². The van der Waals surface area contributed by atoms with Gasteiger partial charge in [0.05, 0.1) is 33.7 Å². The smallest absolute Gasteiger partial charge is 0.352 e. The molecule has 0 radical (unpaired) electrons. The molecule has 3 aromatic rings. The van der Waals surface area contributed by atoms with Gasteiger partial charge in [0.2, 0.25) is 5.95 Å². The van der Waals surface area contributed by atoms with Gasteiger partial charge in [-0.05, 0) is 25.0 Å². The summed E-state index contributed by atoms with van der Waals surface area (Å²) in [5, 5.41) is 3.36. The summed E-state index contributed by atoms with van der Waals surface area (Å²) in [6.45, 7) is 2.46. The zero-order chi connectivity index (χ0) is 25.4. The van der Waals surface area contributed by atoms with Crippen LogP contribution >= 0.6 is 11.3 Å². The standard InChI is InChI=1S/C22H21F5N6OS/c1-12-7-21(23,24)11-33(16(12)10-31-20-29-8-14(9-30-20)22(25,26)27)19(34)17-18(35-13(2)32-17)15-5-3-4-6-28-15/h3-6,8-9,12,16H,7,10-11H2,1-2H3,(H,29,30,31). The maximum absolute atomic E-state index is 14.5. The van der Waals surface area contributed by atoms with Crippen molar-refractivity contribution < 1.29 is 26.7 Å². The molecule has 1 saturated heterocycles. The first kappa shape index (κ1) is 24.9. The number of amides is 1. The largest absolute Gasteiger partial charge is 0.419 e. The first-order valence-corrected chi connectivity index (χ1v) is 11.5. The molecule has 1 aliphatic rings. The van der Waals surface area contributed by atoms with Crippen LogP contribution in [0.1, 0.15) is 34.4 Å². The van der Waals surface area contributed by atoms with Crippen molar-refractivity contribution in [3.63, 3.8) is 0 Å². The maximum atomic E-state index is 14.5. The van der Waals surface area contributed by atoms with E-state index in [4.69, 9.17) is 0 Å². The van der Waals surface area contributed by atoms with Crippen LogP contribution < -0.4 is 5.32 Å². The Morgan fingerprint density at radius 2 is 1.94 bits per heavy atom. The molecule has 1 amide bonds. The number of carbonyl (C=O) groups excluding carboxylic acids is 1. The summed E-state index contributed by atoms with van der Waals surface area (Å²) in [6.07, 6.45) is -2.20. The summed E-state index contributed by atoms with van der Waals surface area (Å²) >= 11 is 1.24. The Balaban J connectivity index is 1.60. The van der Waals surface area contributed by atoms with Crippen LogP contribution in [0, 0.1) is 12.8 Å². The van der Waals surface area contributed by atoms with E-state index in [2.05, 4.69) is 25.3 Å². The molecule has 0 spiro atoms. The third-order valence-corrected chi connectivity index (χ3v) is 6.62. The van der Waals surface area contributed by atoms with Crippen LogP contribution in [-0.2, 0) is 6.18 Å². The number of piperidine rings is 1. The van der Waals surface area contributed by atoms with Crippen molar-refractivity contribution in [2.75, 3.05) is 18.4 Å². The van der Waals surface area contributed by atoms with Crippen LogP contribution in [0.5, 0.6) is 0 Å². The van der Waals surface area contributed by atoms with Crippen LogP contribution in [0.15, 0.2) is 36.8 Å². The average Bonchev–Trinajstić information content (AvgIpc) is 3.19. The van der Waals surface area contributed by atoms with Gasteiger partial charge in [-0.1, -0.05) is 13.0 Å². The van der Waals surface area contributed by atoms with Crippen molar-refractivity contribution in [1.82, 2.24) is 24.8 Å². The molecule has 2 unspecified atom stereocenters. The maximum Gasteiger partial charge on any atom is 0.419 e. The third kappa shape index (κ3) is 5.55. The van der Waals surface area contributed by atoms with Crippen LogP contribution in [0.3, 0.4) is 0 Å². The van der Waals surface area contributed by atoms with Gasteiger partial charge in [-0.3, -0.25) is 9.78 Å². The molecule has 0 saturated carbocycles. The van der Waals surface area contributed by atoms with E-state index in [1.165, 1.54) is 11.3 Å². The number of aryl methyl sites for hydroxylation is 1. The number of nitrogens with one attached hydrogen (secondary N) is 1. The minimum absolute atomic E-state index is 0.0314. The summed E-state index contributed by atoms with van der Waals surface area (Å²) in [5.41, 5.74) is -0.468. The van der Waals surface area contributed by atoms with Crippen LogP contribution in [0.4, 0.5) is 27.9 Å². The summed E-state index contributed by atoms with van der Waals surface area (Å²) in [7, 11) is 0. The summed E-state index contributed by atoms with van der Waals surface area (Å²) in [6, 6.07) is 4.47. The van der Waals surface area contributed by atoms with Gasteiger partial charge in [-0.25, -0.2) is 23.7 Å². The molecule has 3 aromatic heterocycles. The minimum atomic E-state index is -4.58. The van der Waals surface area contributed by atoms with Crippen LogP contribution in [0.25, 0.3) is 10.6 Å². The lowest BCUT2D eigenvalue weighted by molar-refractivity contribution is -0.138. The van der Waals surface area contributed by atoms with Gasteiger partial charge >= 0.3 is 6.18 Å². The molecular formula is C22H21F5N6OS. The lowest BCUT2D eigenvalue weighted by Gasteiger charge is -2.43. The fourth-order valence-corrected chi connectivity index (χ4v) is 4.91. The monoisotopic (exact) mass is 512 g/mol. The van der Waals surface area contributed by atoms with E-state index in [0.29, 0.717) is 28.0 Å². The van der Waals surface area contributed by atoms with Gasteiger partial charge in [-0.2, -0.15) is 13.2 Å². The minimum Gasteiger partial charge on any atom is -0.352 e. The Labute approximate surface area is 201 Å². The van der Waals surface area contributed by atoms with Crippen LogP contribution in [-0.4, -0.2) is 55.8 Å². The molecule has 35 heavy (non-hydrogen) atoms. The number of anilines is 1. The van der Waals surface area contributed by atoms with Crippen LogP contribution in [0.2, 0.25) is 0 Å².